The van der Waals surface area contributed by atoms with Gasteiger partial charge in [-0.05, 0) is 18.8 Å². The quantitative estimate of drug-likeness (QED) is 0.875. The van der Waals surface area contributed by atoms with Gasteiger partial charge in [0.15, 0.2) is 5.82 Å². The number of thiazole rings is 1. The summed E-state index contributed by atoms with van der Waals surface area (Å²) in [6.07, 6.45) is 2.04. The number of rotatable bonds is 6. The third-order valence-corrected chi connectivity index (χ3v) is 3.20. The highest BCUT2D eigenvalue weighted by Gasteiger charge is 2.09. The smallest absolute Gasteiger partial charge is 0.181 e. The van der Waals surface area contributed by atoms with E-state index >= 15 is 0 Å². The predicted molar refractivity (Wildman–Crippen MR) is 80.5 cm³/mol. The van der Waals surface area contributed by atoms with E-state index in [1.807, 2.05) is 17.0 Å². The van der Waals surface area contributed by atoms with E-state index in [-0.39, 0.29) is 0 Å². The van der Waals surface area contributed by atoms with Gasteiger partial charge in [-0.25, -0.2) is 15.0 Å². The summed E-state index contributed by atoms with van der Waals surface area (Å²) in [7, 11) is 0. The highest BCUT2D eigenvalue weighted by molar-refractivity contribution is 7.07. The first-order chi connectivity index (χ1) is 9.19. The molecule has 0 aliphatic rings. The molecule has 0 spiro atoms. The molecular weight excluding hydrogens is 256 g/mol. The molecule has 5 heteroatoms. The van der Waals surface area contributed by atoms with Gasteiger partial charge in [0.05, 0.1) is 5.51 Å². The summed E-state index contributed by atoms with van der Waals surface area (Å²) in [5, 5.41) is 5.32. The molecule has 0 atom stereocenters. The highest BCUT2D eigenvalue weighted by Crippen LogP contribution is 2.19. The number of hydrogen-bond donors (Lipinski definition) is 1. The van der Waals surface area contributed by atoms with Crippen molar-refractivity contribution in [3.05, 3.63) is 22.7 Å². The van der Waals surface area contributed by atoms with E-state index in [0.717, 1.165) is 42.4 Å². The molecule has 102 valence electrons. The fraction of sp³-hybridized carbons (Fsp3) is 0.500. The zero-order valence-corrected chi connectivity index (χ0v) is 12.5. The lowest BCUT2D eigenvalue weighted by Crippen LogP contribution is -2.07. The van der Waals surface area contributed by atoms with Crippen LogP contribution >= 0.6 is 11.3 Å². The lowest BCUT2D eigenvalue weighted by molar-refractivity contribution is 0.634. The van der Waals surface area contributed by atoms with E-state index in [4.69, 9.17) is 0 Å². The Bertz CT molecular complexity index is 508. The van der Waals surface area contributed by atoms with Gasteiger partial charge in [-0.3, -0.25) is 0 Å². The monoisotopic (exact) mass is 276 g/mol. The van der Waals surface area contributed by atoms with Crippen molar-refractivity contribution in [3.63, 3.8) is 0 Å². The maximum atomic E-state index is 4.62. The fourth-order valence-corrected chi connectivity index (χ4v) is 2.33. The van der Waals surface area contributed by atoms with Crippen LogP contribution in [0.2, 0.25) is 0 Å². The van der Waals surface area contributed by atoms with Crippen LogP contribution in [-0.4, -0.2) is 21.5 Å². The van der Waals surface area contributed by atoms with Crippen LogP contribution in [-0.2, 0) is 6.42 Å². The Kier molecular flexibility index (Phi) is 4.85. The molecule has 2 aromatic rings. The molecule has 0 radical (unpaired) electrons. The van der Waals surface area contributed by atoms with Crippen molar-refractivity contribution in [2.45, 2.75) is 33.6 Å². The van der Waals surface area contributed by atoms with E-state index in [1.54, 1.807) is 11.3 Å². The van der Waals surface area contributed by atoms with Crippen molar-refractivity contribution < 1.29 is 0 Å². The van der Waals surface area contributed by atoms with Crippen LogP contribution < -0.4 is 5.32 Å². The summed E-state index contributed by atoms with van der Waals surface area (Å²) >= 11 is 1.57. The van der Waals surface area contributed by atoms with Crippen molar-refractivity contribution >= 4 is 17.2 Å². The first kappa shape index (κ1) is 13.9. The molecule has 2 aromatic heterocycles. The van der Waals surface area contributed by atoms with Crippen molar-refractivity contribution in [2.75, 3.05) is 11.9 Å². The second kappa shape index (κ2) is 6.61. The van der Waals surface area contributed by atoms with Crippen LogP contribution in [0.1, 0.15) is 32.9 Å². The third-order valence-electron chi connectivity index (χ3n) is 2.61. The van der Waals surface area contributed by atoms with E-state index < -0.39 is 0 Å². The Morgan fingerprint density at radius 2 is 2.16 bits per heavy atom. The molecule has 0 aromatic carbocycles. The van der Waals surface area contributed by atoms with Crippen molar-refractivity contribution in [1.82, 2.24) is 15.0 Å². The van der Waals surface area contributed by atoms with Crippen molar-refractivity contribution in [1.29, 1.82) is 0 Å². The number of aromatic nitrogens is 3. The van der Waals surface area contributed by atoms with Gasteiger partial charge in [0.2, 0.25) is 0 Å². The van der Waals surface area contributed by atoms with Crippen LogP contribution in [0.4, 0.5) is 5.82 Å². The van der Waals surface area contributed by atoms with Gasteiger partial charge in [-0.2, -0.15) is 0 Å². The van der Waals surface area contributed by atoms with Crippen molar-refractivity contribution in [3.8, 4) is 11.5 Å². The number of hydrogen-bond acceptors (Lipinski definition) is 5. The van der Waals surface area contributed by atoms with E-state index in [9.17, 15) is 0 Å². The largest absolute Gasteiger partial charge is 0.370 e. The van der Waals surface area contributed by atoms with Crippen molar-refractivity contribution in [2.24, 2.45) is 5.92 Å². The van der Waals surface area contributed by atoms with Gasteiger partial charge in [0.25, 0.3) is 0 Å². The molecule has 0 amide bonds. The molecule has 2 rings (SSSR count). The molecule has 0 saturated heterocycles. The summed E-state index contributed by atoms with van der Waals surface area (Å²) < 4.78 is 0. The number of nitrogens with zero attached hydrogens (tertiary/aromatic N) is 3. The Balaban J connectivity index is 2.31. The summed E-state index contributed by atoms with van der Waals surface area (Å²) in [5.41, 5.74) is 3.74. The molecule has 4 nitrogen and oxygen atoms in total. The summed E-state index contributed by atoms with van der Waals surface area (Å²) in [4.78, 5) is 13.5. The molecule has 0 fully saturated rings. The fourth-order valence-electron chi connectivity index (χ4n) is 1.80. The summed E-state index contributed by atoms with van der Waals surface area (Å²) in [6, 6.07) is 2.05. The van der Waals surface area contributed by atoms with Crippen LogP contribution in [0.15, 0.2) is 17.0 Å². The third kappa shape index (κ3) is 3.99. The van der Waals surface area contributed by atoms with Crippen LogP contribution in [0.5, 0.6) is 0 Å². The lowest BCUT2D eigenvalue weighted by atomic mass is 10.1. The minimum atomic E-state index is 0.581. The van der Waals surface area contributed by atoms with Crippen LogP contribution in [0, 0.1) is 5.92 Å². The Morgan fingerprint density at radius 3 is 2.79 bits per heavy atom. The zero-order chi connectivity index (χ0) is 13.7. The standard InChI is InChI=1S/C14H20N4S/c1-4-5-15-13-7-11(6-10(2)3)17-14(18-13)12-8-19-9-16-12/h7-10H,4-6H2,1-3H3,(H,15,17,18). The molecule has 1 N–H and O–H groups in total. The van der Waals surface area contributed by atoms with Crippen LogP contribution in [0.3, 0.4) is 0 Å². The van der Waals surface area contributed by atoms with Gasteiger partial charge in [-0.15, -0.1) is 11.3 Å². The normalized spacial score (nSPS) is 10.9. The Labute approximate surface area is 118 Å². The molecule has 0 unspecified atom stereocenters. The average Bonchev–Trinajstić information content (AvgIpc) is 2.89. The molecule has 0 aliphatic heterocycles. The average molecular weight is 276 g/mol. The maximum absolute atomic E-state index is 4.62. The van der Waals surface area contributed by atoms with Gasteiger partial charge < -0.3 is 5.32 Å². The van der Waals surface area contributed by atoms with Gasteiger partial charge in [-0.1, -0.05) is 20.8 Å². The zero-order valence-electron chi connectivity index (χ0n) is 11.7. The molecule has 0 aliphatic carbocycles. The number of anilines is 1. The second-order valence-corrected chi connectivity index (χ2v) is 5.69. The SMILES string of the molecule is CCCNc1cc(CC(C)C)nc(-c2cscn2)n1. The molecule has 0 saturated carbocycles. The first-order valence-corrected chi connectivity index (χ1v) is 7.63. The number of nitrogens with one attached hydrogen (secondary N) is 1. The molecule has 19 heavy (non-hydrogen) atoms. The maximum Gasteiger partial charge on any atom is 0.181 e. The second-order valence-electron chi connectivity index (χ2n) is 4.97. The van der Waals surface area contributed by atoms with Gasteiger partial charge in [0, 0.05) is 23.7 Å². The lowest BCUT2D eigenvalue weighted by Gasteiger charge is -2.10. The minimum Gasteiger partial charge on any atom is -0.370 e. The topological polar surface area (TPSA) is 50.7 Å². The summed E-state index contributed by atoms with van der Waals surface area (Å²) in [6.45, 7) is 7.47. The van der Waals surface area contributed by atoms with E-state index in [2.05, 4.69) is 41.0 Å². The van der Waals surface area contributed by atoms with E-state index in [1.165, 1.54) is 0 Å². The van der Waals surface area contributed by atoms with Gasteiger partial charge in [0.1, 0.15) is 11.5 Å². The Morgan fingerprint density at radius 1 is 1.32 bits per heavy atom. The first-order valence-electron chi connectivity index (χ1n) is 6.69. The van der Waals surface area contributed by atoms with Crippen LogP contribution in [0.25, 0.3) is 11.5 Å². The molecule has 2 heterocycles. The highest BCUT2D eigenvalue weighted by atomic mass is 32.1. The Hall–Kier alpha value is -1.49. The predicted octanol–water partition coefficient (Wildman–Crippen LogP) is 3.62. The van der Waals surface area contributed by atoms with E-state index in [0.29, 0.717) is 5.92 Å². The minimum absolute atomic E-state index is 0.581. The molecular formula is C14H20N4S. The van der Waals surface area contributed by atoms with Gasteiger partial charge >= 0.3 is 0 Å². The molecule has 0 bridgehead atoms. The summed E-state index contributed by atoms with van der Waals surface area (Å²) in [5.74, 6) is 2.20.